The minimum Gasteiger partial charge on any atom is -0.396 e. The Bertz CT molecular complexity index is 1340. The number of hydrogen-bond donors (Lipinski definition) is 4. The summed E-state index contributed by atoms with van der Waals surface area (Å²) in [5.74, 6) is 1.85. The maximum absolute atomic E-state index is 12.3. The van der Waals surface area contributed by atoms with E-state index in [2.05, 4.69) is 55.8 Å². The van der Waals surface area contributed by atoms with E-state index in [1.165, 1.54) is 0 Å². The number of pyridine rings is 2. The molecule has 9 nitrogen and oxygen atoms in total. The summed E-state index contributed by atoms with van der Waals surface area (Å²) < 4.78 is 0. The van der Waals surface area contributed by atoms with Crippen molar-refractivity contribution in [1.82, 2.24) is 25.3 Å². The highest BCUT2D eigenvalue weighted by molar-refractivity contribution is 6.06. The number of aliphatic hydroxyl groups excluding tert-OH is 1. The van der Waals surface area contributed by atoms with E-state index in [0.29, 0.717) is 25.1 Å². The molecule has 0 aliphatic carbocycles. The Morgan fingerprint density at radius 2 is 1.86 bits per heavy atom. The van der Waals surface area contributed by atoms with E-state index < -0.39 is 0 Å². The quantitative estimate of drug-likeness (QED) is 0.227. The number of aliphatic hydroxyl groups is 1. The molecule has 1 unspecified atom stereocenters. The molecular formula is C28H33N7O2. The van der Waals surface area contributed by atoms with Crippen LogP contribution < -0.4 is 16.0 Å². The second kappa shape index (κ2) is 12.2. The van der Waals surface area contributed by atoms with E-state index in [1.54, 1.807) is 31.8 Å². The van der Waals surface area contributed by atoms with Crippen LogP contribution in [-0.4, -0.2) is 57.7 Å². The molecule has 0 radical (unpaired) electrons. The first-order valence-electron chi connectivity index (χ1n) is 12.5. The van der Waals surface area contributed by atoms with E-state index in [1.807, 2.05) is 30.3 Å². The molecule has 37 heavy (non-hydrogen) atoms. The number of anilines is 2. The van der Waals surface area contributed by atoms with Gasteiger partial charge < -0.3 is 21.1 Å². The van der Waals surface area contributed by atoms with Gasteiger partial charge in [-0.2, -0.15) is 0 Å². The zero-order valence-electron chi connectivity index (χ0n) is 21.4. The van der Waals surface area contributed by atoms with Gasteiger partial charge in [-0.25, -0.2) is 15.0 Å². The summed E-state index contributed by atoms with van der Waals surface area (Å²) in [7, 11) is 1.64. The lowest BCUT2D eigenvalue weighted by Crippen LogP contribution is -2.19. The fraction of sp³-hybridized carbons (Fsp3) is 0.321. The number of fused-ring (bicyclic) bond motifs is 1. The first kappa shape index (κ1) is 26.0. The molecule has 4 N–H and O–H groups in total. The van der Waals surface area contributed by atoms with Gasteiger partial charge >= 0.3 is 0 Å². The molecule has 0 saturated carbocycles. The molecule has 0 fully saturated rings. The van der Waals surface area contributed by atoms with Crippen molar-refractivity contribution in [1.29, 1.82) is 0 Å². The van der Waals surface area contributed by atoms with Crippen LogP contribution in [0.2, 0.25) is 0 Å². The Kier molecular flexibility index (Phi) is 8.58. The standard InChI is InChI=1S/C28H33N7O2/c1-18(19(2)21-6-4-7-22-23(28(37)29-3)10-12-31-27(21)22)15-32-26-14-24(34-17-35-26)20-8-9-25(33-16-20)30-11-5-13-36/h4,6-10,12,14,16-19,36H,5,11,13,15H2,1-3H3,(H,29,37)(H,30,33)(H,32,34,35)/t18-,19?/m1/s1. The average molecular weight is 500 g/mol. The van der Waals surface area contributed by atoms with Crippen LogP contribution in [0.5, 0.6) is 0 Å². The average Bonchev–Trinajstić information content (AvgIpc) is 2.95. The summed E-state index contributed by atoms with van der Waals surface area (Å²) in [5, 5.41) is 19.1. The van der Waals surface area contributed by atoms with Crippen LogP contribution >= 0.6 is 0 Å². The molecule has 2 atom stereocenters. The predicted molar refractivity (Wildman–Crippen MR) is 147 cm³/mol. The Morgan fingerprint density at radius 1 is 1.00 bits per heavy atom. The molecule has 0 aliphatic heterocycles. The summed E-state index contributed by atoms with van der Waals surface area (Å²) in [4.78, 5) is 30.2. The highest BCUT2D eigenvalue weighted by Crippen LogP contribution is 2.31. The lowest BCUT2D eigenvalue weighted by Gasteiger charge is -2.22. The van der Waals surface area contributed by atoms with Crippen molar-refractivity contribution in [2.45, 2.75) is 26.2 Å². The summed E-state index contributed by atoms with van der Waals surface area (Å²) in [5.41, 5.74) is 4.28. The number of carbonyl (C=O) groups excluding carboxylic acids is 1. The van der Waals surface area contributed by atoms with Gasteiger partial charge in [0.15, 0.2) is 0 Å². The smallest absolute Gasteiger partial charge is 0.251 e. The van der Waals surface area contributed by atoms with Crippen molar-refractivity contribution < 1.29 is 9.90 Å². The van der Waals surface area contributed by atoms with Gasteiger partial charge in [0, 0.05) is 56.2 Å². The van der Waals surface area contributed by atoms with Crippen molar-refractivity contribution >= 4 is 28.4 Å². The number of aromatic nitrogens is 4. The van der Waals surface area contributed by atoms with Crippen molar-refractivity contribution in [3.05, 3.63) is 72.3 Å². The lowest BCUT2D eigenvalue weighted by atomic mass is 9.87. The zero-order valence-corrected chi connectivity index (χ0v) is 21.4. The van der Waals surface area contributed by atoms with Crippen molar-refractivity contribution in [2.24, 2.45) is 5.92 Å². The maximum atomic E-state index is 12.3. The van der Waals surface area contributed by atoms with Crippen LogP contribution in [0.25, 0.3) is 22.2 Å². The highest BCUT2D eigenvalue weighted by Gasteiger charge is 2.19. The third kappa shape index (κ3) is 6.18. The number of benzene rings is 1. The van der Waals surface area contributed by atoms with Crippen LogP contribution in [-0.2, 0) is 0 Å². The number of rotatable bonds is 11. The number of amides is 1. The predicted octanol–water partition coefficient (Wildman–Crippen LogP) is 4.09. The first-order valence-corrected chi connectivity index (χ1v) is 12.5. The number of carbonyl (C=O) groups is 1. The largest absolute Gasteiger partial charge is 0.396 e. The number of nitrogens with zero attached hydrogens (tertiary/aromatic N) is 4. The second-order valence-electron chi connectivity index (χ2n) is 9.05. The lowest BCUT2D eigenvalue weighted by molar-refractivity contribution is 0.0964. The first-order chi connectivity index (χ1) is 18.0. The summed E-state index contributed by atoms with van der Waals surface area (Å²) in [6.07, 6.45) is 5.70. The molecule has 4 rings (SSSR count). The normalized spacial score (nSPS) is 12.6. The summed E-state index contributed by atoms with van der Waals surface area (Å²) in [6.45, 7) is 5.90. The van der Waals surface area contributed by atoms with E-state index in [4.69, 9.17) is 5.11 Å². The fourth-order valence-electron chi connectivity index (χ4n) is 4.21. The molecule has 192 valence electrons. The van der Waals surface area contributed by atoms with E-state index in [0.717, 1.165) is 39.4 Å². The molecular weight excluding hydrogens is 466 g/mol. The van der Waals surface area contributed by atoms with E-state index in [9.17, 15) is 4.79 Å². The SMILES string of the molecule is CNC(=O)c1ccnc2c(C(C)[C@H](C)CNc3cc(-c4ccc(NCCCO)nc4)ncn3)cccc12. The van der Waals surface area contributed by atoms with Crippen molar-refractivity contribution in [2.75, 3.05) is 37.4 Å². The Balaban J connectivity index is 1.44. The van der Waals surface area contributed by atoms with Crippen LogP contribution in [0, 0.1) is 5.92 Å². The van der Waals surface area contributed by atoms with Gasteiger partial charge in [-0.1, -0.05) is 32.0 Å². The van der Waals surface area contributed by atoms with Gasteiger partial charge in [0.05, 0.1) is 16.8 Å². The third-order valence-corrected chi connectivity index (χ3v) is 6.59. The Labute approximate surface area is 216 Å². The van der Waals surface area contributed by atoms with Crippen LogP contribution in [0.3, 0.4) is 0 Å². The van der Waals surface area contributed by atoms with Gasteiger partial charge in [0.1, 0.15) is 18.0 Å². The fourth-order valence-corrected chi connectivity index (χ4v) is 4.21. The topological polar surface area (TPSA) is 125 Å². The van der Waals surface area contributed by atoms with Crippen molar-refractivity contribution in [3.63, 3.8) is 0 Å². The minimum atomic E-state index is -0.116. The Hall–Kier alpha value is -4.11. The minimum absolute atomic E-state index is 0.116. The summed E-state index contributed by atoms with van der Waals surface area (Å²) >= 11 is 0. The molecule has 3 heterocycles. The maximum Gasteiger partial charge on any atom is 0.251 e. The van der Waals surface area contributed by atoms with E-state index in [-0.39, 0.29) is 24.3 Å². The van der Waals surface area contributed by atoms with Gasteiger partial charge in [0.25, 0.3) is 5.91 Å². The number of nitrogens with one attached hydrogen (secondary N) is 3. The molecule has 4 aromatic rings. The van der Waals surface area contributed by atoms with Gasteiger partial charge in [-0.3, -0.25) is 9.78 Å². The molecule has 1 amide bonds. The van der Waals surface area contributed by atoms with Crippen LogP contribution in [0.4, 0.5) is 11.6 Å². The second-order valence-corrected chi connectivity index (χ2v) is 9.05. The van der Waals surface area contributed by atoms with Crippen LogP contribution in [0.1, 0.15) is 42.1 Å². The third-order valence-electron chi connectivity index (χ3n) is 6.59. The molecule has 9 heteroatoms. The zero-order chi connectivity index (χ0) is 26.2. The highest BCUT2D eigenvalue weighted by atomic mass is 16.3. The number of hydrogen-bond acceptors (Lipinski definition) is 8. The molecule has 0 spiro atoms. The van der Waals surface area contributed by atoms with Crippen molar-refractivity contribution in [3.8, 4) is 11.3 Å². The Morgan fingerprint density at radius 3 is 2.62 bits per heavy atom. The summed E-state index contributed by atoms with van der Waals surface area (Å²) in [6, 6.07) is 13.6. The van der Waals surface area contributed by atoms with E-state index >= 15 is 0 Å². The van der Waals surface area contributed by atoms with Gasteiger partial charge in [-0.15, -0.1) is 0 Å². The molecule has 1 aromatic carbocycles. The number of para-hydroxylation sites is 1. The van der Waals surface area contributed by atoms with Crippen LogP contribution in [0.15, 0.2) is 61.2 Å². The monoisotopic (exact) mass is 499 g/mol. The molecule has 3 aromatic heterocycles. The molecule has 0 saturated heterocycles. The van der Waals surface area contributed by atoms with Gasteiger partial charge in [0.2, 0.25) is 0 Å². The molecule has 0 bridgehead atoms. The molecule has 0 aliphatic rings. The van der Waals surface area contributed by atoms with Gasteiger partial charge in [-0.05, 0) is 42.0 Å².